The number of aromatic hydroxyl groups is 1. The van der Waals surface area contributed by atoms with Gasteiger partial charge in [0.25, 0.3) is 0 Å². The second-order valence-corrected chi connectivity index (χ2v) is 5.76. The molecule has 0 aliphatic rings. The third-order valence-corrected chi connectivity index (χ3v) is 3.80. The van der Waals surface area contributed by atoms with Gasteiger partial charge in [0.15, 0.2) is 5.78 Å². The molecular weight excluding hydrogens is 302 g/mol. The fourth-order valence-electron chi connectivity index (χ4n) is 2.45. The first kappa shape index (κ1) is 17.7. The fourth-order valence-corrected chi connectivity index (χ4v) is 2.45. The molecule has 2 aromatic rings. The molecule has 0 bridgehead atoms. The number of benzene rings is 2. The minimum Gasteiger partial charge on any atom is -0.508 e. The monoisotopic (exact) mass is 325 g/mol. The van der Waals surface area contributed by atoms with Crippen LogP contribution in [0.5, 0.6) is 5.75 Å². The first-order valence-corrected chi connectivity index (χ1v) is 8.28. The number of amides is 1. The molecule has 0 aliphatic heterocycles. The van der Waals surface area contributed by atoms with Crippen molar-refractivity contribution in [3.63, 3.8) is 0 Å². The summed E-state index contributed by atoms with van der Waals surface area (Å²) in [5.41, 5.74) is 1.84. The Morgan fingerprint density at radius 1 is 0.875 bits per heavy atom. The number of nitrogens with one attached hydrogen (secondary N) is 1. The zero-order valence-corrected chi connectivity index (χ0v) is 13.7. The van der Waals surface area contributed by atoms with Crippen LogP contribution in [0.25, 0.3) is 0 Å². The molecule has 1 amide bonds. The second kappa shape index (κ2) is 9.50. The number of phenols is 1. The highest BCUT2D eigenvalue weighted by Crippen LogP contribution is 2.11. The van der Waals surface area contributed by atoms with Crippen molar-refractivity contribution >= 4 is 11.7 Å². The largest absolute Gasteiger partial charge is 0.508 e. The van der Waals surface area contributed by atoms with Crippen LogP contribution in [0.4, 0.5) is 0 Å². The van der Waals surface area contributed by atoms with E-state index in [1.807, 2.05) is 30.3 Å². The molecule has 0 saturated carbocycles. The Morgan fingerprint density at radius 2 is 1.58 bits per heavy atom. The lowest BCUT2D eigenvalue weighted by Crippen LogP contribution is -2.24. The van der Waals surface area contributed by atoms with Crippen LogP contribution in [0.1, 0.15) is 41.6 Å². The zero-order chi connectivity index (χ0) is 17.2. The summed E-state index contributed by atoms with van der Waals surface area (Å²) in [5.74, 6) is 0.328. The van der Waals surface area contributed by atoms with Crippen LogP contribution in [0.2, 0.25) is 0 Å². The molecule has 126 valence electrons. The molecule has 0 atom stereocenters. The fraction of sp³-hybridized carbons (Fsp3) is 0.300. The maximum atomic E-state index is 11.9. The van der Waals surface area contributed by atoms with Crippen molar-refractivity contribution in [2.24, 2.45) is 0 Å². The van der Waals surface area contributed by atoms with Gasteiger partial charge in [0, 0.05) is 24.9 Å². The lowest BCUT2D eigenvalue weighted by Gasteiger charge is -2.06. The van der Waals surface area contributed by atoms with Crippen molar-refractivity contribution in [3.8, 4) is 5.75 Å². The van der Waals surface area contributed by atoms with Gasteiger partial charge in [0.2, 0.25) is 5.91 Å². The van der Waals surface area contributed by atoms with Crippen molar-refractivity contribution in [1.29, 1.82) is 0 Å². The third kappa shape index (κ3) is 6.24. The highest BCUT2D eigenvalue weighted by atomic mass is 16.3. The van der Waals surface area contributed by atoms with E-state index in [4.69, 9.17) is 0 Å². The number of rotatable bonds is 9. The molecule has 0 spiro atoms. The van der Waals surface area contributed by atoms with Crippen molar-refractivity contribution < 1.29 is 14.7 Å². The van der Waals surface area contributed by atoms with Crippen molar-refractivity contribution in [3.05, 3.63) is 65.7 Å². The highest BCUT2D eigenvalue weighted by molar-refractivity contribution is 5.96. The summed E-state index contributed by atoms with van der Waals surface area (Å²) in [4.78, 5) is 23.7. The molecule has 0 aromatic heterocycles. The van der Waals surface area contributed by atoms with Crippen molar-refractivity contribution in [2.45, 2.75) is 32.1 Å². The number of Topliss-reactive ketones (excluding diaryl/α,β-unsaturated/α-hetero) is 1. The summed E-state index contributed by atoms with van der Waals surface area (Å²) in [5, 5.41) is 12.1. The van der Waals surface area contributed by atoms with Gasteiger partial charge in [-0.05, 0) is 37.0 Å². The van der Waals surface area contributed by atoms with Crippen LogP contribution in [-0.4, -0.2) is 23.3 Å². The van der Waals surface area contributed by atoms with Crippen LogP contribution >= 0.6 is 0 Å². The molecule has 2 N–H and O–H groups in total. The molecule has 2 rings (SSSR count). The molecule has 0 fully saturated rings. The number of hydrogen-bond donors (Lipinski definition) is 2. The summed E-state index contributed by atoms with van der Waals surface area (Å²) in [6.45, 7) is 0.617. The third-order valence-electron chi connectivity index (χ3n) is 3.80. The molecule has 2 aromatic carbocycles. The van der Waals surface area contributed by atoms with E-state index in [-0.39, 0.29) is 17.4 Å². The van der Waals surface area contributed by atoms with Crippen LogP contribution in [-0.2, 0) is 11.2 Å². The van der Waals surface area contributed by atoms with Gasteiger partial charge in [-0.15, -0.1) is 0 Å². The van der Waals surface area contributed by atoms with Gasteiger partial charge in [-0.25, -0.2) is 0 Å². The quantitative estimate of drug-likeness (QED) is 0.548. The molecule has 0 heterocycles. The molecule has 0 saturated heterocycles. The molecule has 4 heteroatoms. The standard InChI is InChI=1S/C20H23NO3/c22-18-13-11-16(12-14-18)6-5-15-21-20(24)10-4-9-19(23)17-7-2-1-3-8-17/h1-3,7-8,11-14,22H,4-6,9-10,15H2,(H,21,24). The molecule has 0 radical (unpaired) electrons. The van der Waals surface area contributed by atoms with E-state index in [1.54, 1.807) is 24.3 Å². The minimum absolute atomic E-state index is 0.0124. The van der Waals surface area contributed by atoms with Crippen LogP contribution < -0.4 is 5.32 Å². The van der Waals surface area contributed by atoms with E-state index >= 15 is 0 Å². The van der Waals surface area contributed by atoms with E-state index in [9.17, 15) is 14.7 Å². The maximum absolute atomic E-state index is 11.9. The number of ketones is 1. The van der Waals surface area contributed by atoms with Crippen LogP contribution in [0.15, 0.2) is 54.6 Å². The van der Waals surface area contributed by atoms with Gasteiger partial charge in [0.1, 0.15) is 5.75 Å². The Labute approximate surface area is 142 Å². The molecule has 4 nitrogen and oxygen atoms in total. The molecular formula is C20H23NO3. The Hall–Kier alpha value is -2.62. The van der Waals surface area contributed by atoms with Crippen molar-refractivity contribution in [1.82, 2.24) is 5.32 Å². The Kier molecular flexibility index (Phi) is 7.02. The van der Waals surface area contributed by atoms with Gasteiger partial charge < -0.3 is 10.4 Å². The Balaban J connectivity index is 1.56. The summed E-state index contributed by atoms with van der Waals surface area (Å²) in [6.07, 6.45) is 3.03. The normalized spacial score (nSPS) is 10.3. The zero-order valence-electron chi connectivity index (χ0n) is 13.7. The predicted molar refractivity (Wildman–Crippen MR) is 94.1 cm³/mol. The molecule has 24 heavy (non-hydrogen) atoms. The summed E-state index contributed by atoms with van der Waals surface area (Å²) in [7, 11) is 0. The van der Waals surface area contributed by atoms with Gasteiger partial charge in [-0.3, -0.25) is 9.59 Å². The number of carbonyl (C=O) groups is 2. The minimum atomic E-state index is -0.0124. The smallest absolute Gasteiger partial charge is 0.220 e. The molecule has 0 unspecified atom stereocenters. The summed E-state index contributed by atoms with van der Waals surface area (Å²) >= 11 is 0. The highest BCUT2D eigenvalue weighted by Gasteiger charge is 2.07. The van der Waals surface area contributed by atoms with E-state index in [1.165, 1.54) is 0 Å². The molecule has 0 aliphatic carbocycles. The maximum Gasteiger partial charge on any atom is 0.220 e. The Morgan fingerprint density at radius 3 is 2.29 bits per heavy atom. The lowest BCUT2D eigenvalue weighted by molar-refractivity contribution is -0.121. The first-order chi connectivity index (χ1) is 11.6. The lowest BCUT2D eigenvalue weighted by atomic mass is 10.1. The number of aryl methyl sites for hydroxylation is 1. The van der Waals surface area contributed by atoms with Crippen molar-refractivity contribution in [2.75, 3.05) is 6.54 Å². The van der Waals surface area contributed by atoms with E-state index < -0.39 is 0 Å². The van der Waals surface area contributed by atoms with Crippen LogP contribution in [0.3, 0.4) is 0 Å². The van der Waals surface area contributed by atoms with E-state index in [0.717, 1.165) is 18.4 Å². The van der Waals surface area contributed by atoms with Crippen LogP contribution in [0, 0.1) is 0 Å². The van der Waals surface area contributed by atoms with E-state index in [2.05, 4.69) is 5.32 Å². The average Bonchev–Trinajstić information content (AvgIpc) is 2.61. The van der Waals surface area contributed by atoms with Gasteiger partial charge in [0.05, 0.1) is 0 Å². The Bertz CT molecular complexity index is 650. The van der Waals surface area contributed by atoms with E-state index in [0.29, 0.717) is 31.4 Å². The topological polar surface area (TPSA) is 66.4 Å². The van der Waals surface area contributed by atoms with Gasteiger partial charge in [-0.1, -0.05) is 42.5 Å². The first-order valence-electron chi connectivity index (χ1n) is 8.28. The number of carbonyl (C=O) groups excluding carboxylic acids is 2. The SMILES string of the molecule is O=C(CCCC(=O)c1ccccc1)NCCCc1ccc(O)cc1. The second-order valence-electron chi connectivity index (χ2n) is 5.76. The predicted octanol–water partition coefficient (Wildman–Crippen LogP) is 3.49. The summed E-state index contributed by atoms with van der Waals surface area (Å²) in [6, 6.07) is 16.2. The summed E-state index contributed by atoms with van der Waals surface area (Å²) < 4.78 is 0. The van der Waals surface area contributed by atoms with Gasteiger partial charge >= 0.3 is 0 Å². The number of phenolic OH excluding ortho intramolecular Hbond substituents is 1. The van der Waals surface area contributed by atoms with Gasteiger partial charge in [-0.2, -0.15) is 0 Å². The number of hydrogen-bond acceptors (Lipinski definition) is 3. The average molecular weight is 325 g/mol.